The minimum Gasteiger partial charge on any atom is -0.496 e. The van der Waals surface area contributed by atoms with Gasteiger partial charge in [0.2, 0.25) is 5.91 Å². The molecule has 0 radical (unpaired) electrons. The number of benzene rings is 7. The maximum Gasteiger partial charge on any atom is 0.254 e. The summed E-state index contributed by atoms with van der Waals surface area (Å²) < 4.78 is 17.4. The molecule has 0 aliphatic carbocycles. The fourth-order valence-corrected chi connectivity index (χ4v) is 7.97. The summed E-state index contributed by atoms with van der Waals surface area (Å²) in [5.74, 6) is 1.99. The summed E-state index contributed by atoms with van der Waals surface area (Å²) in [5, 5.41) is 11.8. The SMILES string of the molecule is COc1cc(OCCCC(=O)NCCCNCCCc2c3ccccc3cc3ccccc23)ccc1CN(Cc1ccc(C)cc1)C(=O)c1ccc(-c2ccccc2OC)cc1. The Balaban J connectivity index is 0.850. The maximum absolute atomic E-state index is 14.1. The zero-order valence-corrected chi connectivity index (χ0v) is 36.1. The third-order valence-corrected chi connectivity index (χ3v) is 11.3. The number of hydrogen-bond donors (Lipinski definition) is 2. The second kappa shape index (κ2) is 21.7. The van der Waals surface area contributed by atoms with E-state index in [1.54, 1.807) is 14.2 Å². The highest BCUT2D eigenvalue weighted by Gasteiger charge is 2.20. The van der Waals surface area contributed by atoms with Crippen molar-refractivity contribution in [3.05, 3.63) is 173 Å². The van der Waals surface area contributed by atoms with Crippen molar-refractivity contribution < 1.29 is 23.8 Å². The first-order chi connectivity index (χ1) is 30.4. The molecule has 7 aromatic carbocycles. The van der Waals surface area contributed by atoms with Crippen LogP contribution in [0.4, 0.5) is 0 Å². The predicted molar refractivity (Wildman–Crippen MR) is 251 cm³/mol. The summed E-state index contributed by atoms with van der Waals surface area (Å²) >= 11 is 0. The van der Waals surface area contributed by atoms with Crippen molar-refractivity contribution in [2.75, 3.05) is 40.5 Å². The number of para-hydroxylation sites is 1. The van der Waals surface area contributed by atoms with Gasteiger partial charge in [-0.15, -0.1) is 0 Å². The van der Waals surface area contributed by atoms with Gasteiger partial charge in [0, 0.05) is 48.8 Å². The smallest absolute Gasteiger partial charge is 0.254 e. The number of methoxy groups -OCH3 is 2. The van der Waals surface area contributed by atoms with Gasteiger partial charge in [-0.2, -0.15) is 0 Å². The molecule has 0 saturated carbocycles. The number of ether oxygens (including phenoxy) is 3. The van der Waals surface area contributed by atoms with Crippen molar-refractivity contribution in [1.29, 1.82) is 0 Å². The number of aryl methyl sites for hydroxylation is 2. The third kappa shape index (κ3) is 11.4. The molecule has 7 aromatic rings. The summed E-state index contributed by atoms with van der Waals surface area (Å²) in [6.45, 7) is 5.63. The molecule has 318 valence electrons. The lowest BCUT2D eigenvalue weighted by Gasteiger charge is -2.25. The van der Waals surface area contributed by atoms with Crippen molar-refractivity contribution in [1.82, 2.24) is 15.5 Å². The minimum absolute atomic E-state index is 0.0251. The lowest BCUT2D eigenvalue weighted by molar-refractivity contribution is -0.121. The number of hydrogen-bond acceptors (Lipinski definition) is 6. The van der Waals surface area contributed by atoms with E-state index in [2.05, 4.69) is 96.4 Å². The van der Waals surface area contributed by atoms with E-state index in [1.165, 1.54) is 27.1 Å². The van der Waals surface area contributed by atoms with Gasteiger partial charge in [-0.3, -0.25) is 9.59 Å². The van der Waals surface area contributed by atoms with Crippen LogP contribution in [0, 0.1) is 6.92 Å². The quantitative estimate of drug-likeness (QED) is 0.0554. The van der Waals surface area contributed by atoms with Crippen LogP contribution in [0.2, 0.25) is 0 Å². The second-order valence-electron chi connectivity index (χ2n) is 15.7. The van der Waals surface area contributed by atoms with Crippen LogP contribution in [0.3, 0.4) is 0 Å². The Morgan fingerprint density at radius 3 is 2.03 bits per heavy atom. The highest BCUT2D eigenvalue weighted by molar-refractivity contribution is 6.02. The van der Waals surface area contributed by atoms with Gasteiger partial charge >= 0.3 is 0 Å². The lowest BCUT2D eigenvalue weighted by Crippen LogP contribution is -2.30. The van der Waals surface area contributed by atoms with Gasteiger partial charge in [-0.05, 0) is 120 Å². The highest BCUT2D eigenvalue weighted by Crippen LogP contribution is 2.32. The Kier molecular flexibility index (Phi) is 15.2. The monoisotopic (exact) mass is 827 g/mol. The molecular formula is C54H57N3O5. The van der Waals surface area contributed by atoms with Crippen LogP contribution in [0.15, 0.2) is 146 Å². The van der Waals surface area contributed by atoms with Gasteiger partial charge in [0.15, 0.2) is 0 Å². The van der Waals surface area contributed by atoms with Crippen LogP contribution in [0.5, 0.6) is 17.2 Å². The topological polar surface area (TPSA) is 89.1 Å². The van der Waals surface area contributed by atoms with Gasteiger partial charge in [0.05, 0.1) is 20.8 Å². The minimum atomic E-state index is -0.0873. The predicted octanol–water partition coefficient (Wildman–Crippen LogP) is 10.7. The fraction of sp³-hybridized carbons (Fsp3) is 0.259. The van der Waals surface area contributed by atoms with Crippen molar-refractivity contribution in [3.8, 4) is 28.4 Å². The molecule has 0 fully saturated rings. The Labute approximate surface area is 365 Å². The van der Waals surface area contributed by atoms with Crippen molar-refractivity contribution >= 4 is 33.4 Å². The first-order valence-electron chi connectivity index (χ1n) is 21.6. The summed E-state index contributed by atoms with van der Waals surface area (Å²) in [4.78, 5) is 28.6. The number of amides is 2. The molecule has 7 rings (SSSR count). The Bertz CT molecular complexity index is 2520. The van der Waals surface area contributed by atoms with Crippen LogP contribution in [-0.2, 0) is 24.3 Å². The van der Waals surface area contributed by atoms with Gasteiger partial charge in [0.25, 0.3) is 5.91 Å². The number of nitrogens with zero attached hydrogens (tertiary/aromatic N) is 1. The molecule has 0 aliphatic heterocycles. The number of fused-ring (bicyclic) bond motifs is 2. The number of rotatable bonds is 21. The normalized spacial score (nSPS) is 11.1. The molecule has 0 unspecified atom stereocenters. The van der Waals surface area contributed by atoms with Crippen LogP contribution in [0.25, 0.3) is 32.7 Å². The van der Waals surface area contributed by atoms with Crippen LogP contribution < -0.4 is 24.8 Å². The lowest BCUT2D eigenvalue weighted by atomic mass is 9.94. The molecule has 2 amide bonds. The Morgan fingerprint density at radius 1 is 0.629 bits per heavy atom. The van der Waals surface area contributed by atoms with Gasteiger partial charge in [-0.25, -0.2) is 0 Å². The Hall–Kier alpha value is -6.64. The third-order valence-electron chi connectivity index (χ3n) is 11.3. The molecular weight excluding hydrogens is 771 g/mol. The molecule has 0 saturated heterocycles. The summed E-state index contributed by atoms with van der Waals surface area (Å²) in [5.41, 5.74) is 7.00. The second-order valence-corrected chi connectivity index (χ2v) is 15.7. The zero-order chi connectivity index (χ0) is 43.1. The van der Waals surface area contributed by atoms with E-state index in [0.717, 1.165) is 65.9 Å². The molecule has 62 heavy (non-hydrogen) atoms. The van der Waals surface area contributed by atoms with Gasteiger partial charge < -0.3 is 29.7 Å². The molecule has 0 aromatic heterocycles. The summed E-state index contributed by atoms with van der Waals surface area (Å²) in [7, 11) is 3.28. The molecule has 0 spiro atoms. The molecule has 0 aliphatic rings. The molecule has 0 bridgehead atoms. The van der Waals surface area contributed by atoms with E-state index >= 15 is 0 Å². The average molecular weight is 828 g/mol. The van der Waals surface area contributed by atoms with E-state index in [0.29, 0.717) is 56.1 Å². The van der Waals surface area contributed by atoms with Crippen LogP contribution >= 0.6 is 0 Å². The largest absolute Gasteiger partial charge is 0.496 e. The molecule has 0 heterocycles. The maximum atomic E-state index is 14.1. The van der Waals surface area contributed by atoms with E-state index in [-0.39, 0.29) is 11.8 Å². The van der Waals surface area contributed by atoms with Crippen molar-refractivity contribution in [2.24, 2.45) is 0 Å². The first kappa shape index (κ1) is 43.4. The van der Waals surface area contributed by atoms with E-state index in [4.69, 9.17) is 14.2 Å². The van der Waals surface area contributed by atoms with Crippen molar-refractivity contribution in [3.63, 3.8) is 0 Å². The molecule has 2 N–H and O–H groups in total. The highest BCUT2D eigenvalue weighted by atomic mass is 16.5. The standard InChI is InChI=1S/C54H57N3O5/c1-39-21-23-40(24-22-39)37-57(54(59)42-27-25-41(26-28-42)49-17-8-9-19-51(49)60-2)38-45-29-30-46(36-52(45)61-3)62-34-11-20-53(58)56-33-12-32-55-31-10-18-50-47-15-6-4-13-43(47)35-44-14-5-7-16-48(44)50/h4-9,13-17,19,21-30,35-36,55H,10-12,18,20,31-34,37-38H2,1-3H3,(H,56,58). The molecule has 0 atom stereocenters. The van der Waals surface area contributed by atoms with Gasteiger partial charge in [-0.1, -0.05) is 109 Å². The van der Waals surface area contributed by atoms with Crippen LogP contribution in [-0.4, -0.2) is 57.2 Å². The molecule has 8 heteroatoms. The van der Waals surface area contributed by atoms with Crippen LogP contribution in [0.1, 0.15) is 58.3 Å². The number of carbonyl (C=O) groups excluding carboxylic acids is 2. The Morgan fingerprint density at radius 2 is 1.31 bits per heavy atom. The first-order valence-corrected chi connectivity index (χ1v) is 21.6. The number of carbonyl (C=O) groups is 2. The number of nitrogens with one attached hydrogen (secondary N) is 2. The fourth-order valence-electron chi connectivity index (χ4n) is 7.97. The summed E-state index contributed by atoms with van der Waals surface area (Å²) in [6, 6.07) is 49.0. The van der Waals surface area contributed by atoms with E-state index in [9.17, 15) is 9.59 Å². The average Bonchev–Trinajstić information content (AvgIpc) is 3.31. The van der Waals surface area contributed by atoms with E-state index in [1.807, 2.05) is 71.6 Å². The van der Waals surface area contributed by atoms with Crippen molar-refractivity contribution in [2.45, 2.75) is 52.1 Å². The summed E-state index contributed by atoms with van der Waals surface area (Å²) in [6.07, 6.45) is 3.91. The zero-order valence-electron chi connectivity index (χ0n) is 36.1. The van der Waals surface area contributed by atoms with Gasteiger partial charge in [0.1, 0.15) is 17.2 Å². The van der Waals surface area contributed by atoms with E-state index < -0.39 is 0 Å². The molecule has 8 nitrogen and oxygen atoms in total.